The quantitative estimate of drug-likeness (QED) is 0.533. The fraction of sp³-hybridized carbons (Fsp3) is 0.714. The number of rotatable bonds is 5. The Kier molecular flexibility index (Phi) is 5.72. The van der Waals surface area contributed by atoms with Crippen molar-refractivity contribution in [2.45, 2.75) is 72.8 Å². The third kappa shape index (κ3) is 3.65. The number of ketones is 1. The number of carbonyl (C=O) groups excluding carboxylic acids is 2. The summed E-state index contributed by atoms with van der Waals surface area (Å²) >= 11 is 0. The molecule has 0 amide bonds. The standard InChI is InChI=1S/C21H32O3/c1-7-14(4)10-20(23)24-19-9-8-16-11-18(22)17(13(2)3)12-21(16,6)15(19)5/h11,14-15,17,19H,2,7-10,12H2,1,3-6H3/t14?,15-,17-,19+,21+/m0/s1. The lowest BCUT2D eigenvalue weighted by Crippen LogP contribution is -2.46. The Hall–Kier alpha value is -1.38. The monoisotopic (exact) mass is 332 g/mol. The van der Waals surface area contributed by atoms with E-state index in [0.717, 1.165) is 31.3 Å². The number of fused-ring (bicyclic) bond motifs is 1. The predicted molar refractivity (Wildman–Crippen MR) is 96.5 cm³/mol. The number of hydrogen-bond donors (Lipinski definition) is 0. The van der Waals surface area contributed by atoms with E-state index in [4.69, 9.17) is 4.74 Å². The first-order valence-electron chi connectivity index (χ1n) is 9.28. The average Bonchev–Trinajstić information content (AvgIpc) is 2.51. The van der Waals surface area contributed by atoms with Crippen LogP contribution in [0.1, 0.15) is 66.7 Å². The molecule has 0 heterocycles. The highest BCUT2D eigenvalue weighted by Gasteiger charge is 2.48. The van der Waals surface area contributed by atoms with Gasteiger partial charge in [-0.15, -0.1) is 0 Å². The van der Waals surface area contributed by atoms with Crippen LogP contribution in [0.3, 0.4) is 0 Å². The van der Waals surface area contributed by atoms with Gasteiger partial charge < -0.3 is 4.74 Å². The van der Waals surface area contributed by atoms with Crippen molar-refractivity contribution in [3.05, 3.63) is 23.8 Å². The molecule has 134 valence electrons. The second-order valence-electron chi connectivity index (χ2n) is 8.17. The van der Waals surface area contributed by atoms with E-state index in [9.17, 15) is 9.59 Å². The lowest BCUT2D eigenvalue weighted by atomic mass is 9.57. The lowest BCUT2D eigenvalue weighted by molar-refractivity contribution is -0.157. The van der Waals surface area contributed by atoms with Crippen LogP contribution < -0.4 is 0 Å². The highest BCUT2D eigenvalue weighted by molar-refractivity contribution is 5.95. The van der Waals surface area contributed by atoms with Gasteiger partial charge in [0.1, 0.15) is 6.10 Å². The average molecular weight is 332 g/mol. The molecule has 0 radical (unpaired) electrons. The van der Waals surface area contributed by atoms with Crippen LogP contribution in [-0.2, 0) is 14.3 Å². The Morgan fingerprint density at radius 1 is 1.50 bits per heavy atom. The second kappa shape index (κ2) is 7.25. The maximum Gasteiger partial charge on any atom is 0.306 e. The van der Waals surface area contributed by atoms with Gasteiger partial charge in [-0.1, -0.05) is 51.8 Å². The van der Waals surface area contributed by atoms with Gasteiger partial charge in [0.15, 0.2) is 5.78 Å². The molecular weight excluding hydrogens is 300 g/mol. The summed E-state index contributed by atoms with van der Waals surface area (Å²) < 4.78 is 5.84. The Balaban J connectivity index is 2.14. The van der Waals surface area contributed by atoms with Gasteiger partial charge in [-0.2, -0.15) is 0 Å². The smallest absolute Gasteiger partial charge is 0.306 e. The summed E-state index contributed by atoms with van der Waals surface area (Å²) in [7, 11) is 0. The molecule has 0 N–H and O–H groups in total. The molecule has 24 heavy (non-hydrogen) atoms. The van der Waals surface area contributed by atoms with Crippen LogP contribution in [0.4, 0.5) is 0 Å². The van der Waals surface area contributed by atoms with E-state index in [1.54, 1.807) is 0 Å². The van der Waals surface area contributed by atoms with E-state index in [0.29, 0.717) is 12.3 Å². The van der Waals surface area contributed by atoms with Crippen molar-refractivity contribution in [1.82, 2.24) is 0 Å². The van der Waals surface area contributed by atoms with Gasteiger partial charge in [0, 0.05) is 18.3 Å². The number of esters is 1. The normalized spacial score (nSPS) is 34.1. The molecule has 0 saturated heterocycles. The fourth-order valence-electron chi connectivity index (χ4n) is 4.11. The zero-order valence-corrected chi connectivity index (χ0v) is 15.9. The minimum Gasteiger partial charge on any atom is -0.462 e. The van der Waals surface area contributed by atoms with E-state index >= 15 is 0 Å². The number of carbonyl (C=O) groups is 2. The summed E-state index contributed by atoms with van der Waals surface area (Å²) in [4.78, 5) is 24.5. The first kappa shape index (κ1) is 19.0. The third-order valence-electron chi connectivity index (χ3n) is 6.37. The lowest BCUT2D eigenvalue weighted by Gasteiger charge is -2.49. The van der Waals surface area contributed by atoms with Crippen LogP contribution in [0.25, 0.3) is 0 Å². The molecule has 0 spiro atoms. The van der Waals surface area contributed by atoms with Crippen molar-refractivity contribution in [3.63, 3.8) is 0 Å². The van der Waals surface area contributed by atoms with Crippen molar-refractivity contribution in [2.24, 2.45) is 23.2 Å². The summed E-state index contributed by atoms with van der Waals surface area (Å²) in [5, 5.41) is 0. The predicted octanol–water partition coefficient (Wildman–Crippen LogP) is 4.86. The van der Waals surface area contributed by atoms with E-state index < -0.39 is 0 Å². The van der Waals surface area contributed by atoms with Gasteiger partial charge in [-0.3, -0.25) is 9.59 Å². The fourth-order valence-corrected chi connectivity index (χ4v) is 4.11. The maximum atomic E-state index is 12.3. The summed E-state index contributed by atoms with van der Waals surface area (Å²) in [6.07, 6.45) is 5.72. The SMILES string of the molecule is C=C(C)[C@@H]1C[C@@]2(C)C(=CC1=O)CC[C@@H](OC(=O)CC(C)CC)[C@@H]2C. The van der Waals surface area contributed by atoms with Crippen LogP contribution in [0, 0.1) is 23.2 Å². The summed E-state index contributed by atoms with van der Waals surface area (Å²) in [6.45, 7) is 14.5. The molecule has 2 aliphatic carbocycles. The van der Waals surface area contributed by atoms with Gasteiger partial charge in [0.25, 0.3) is 0 Å². The van der Waals surface area contributed by atoms with Crippen molar-refractivity contribution in [3.8, 4) is 0 Å². The van der Waals surface area contributed by atoms with Crippen LogP contribution in [0.2, 0.25) is 0 Å². The van der Waals surface area contributed by atoms with Crippen LogP contribution >= 0.6 is 0 Å². The minimum atomic E-state index is -0.101. The second-order valence-corrected chi connectivity index (χ2v) is 8.17. The van der Waals surface area contributed by atoms with E-state index in [1.165, 1.54) is 5.57 Å². The van der Waals surface area contributed by atoms with Gasteiger partial charge >= 0.3 is 5.97 Å². The van der Waals surface area contributed by atoms with Gasteiger partial charge in [0.05, 0.1) is 0 Å². The van der Waals surface area contributed by atoms with Crippen molar-refractivity contribution in [2.75, 3.05) is 0 Å². The van der Waals surface area contributed by atoms with E-state index in [-0.39, 0.29) is 35.1 Å². The molecule has 0 bridgehead atoms. The zero-order valence-electron chi connectivity index (χ0n) is 15.9. The Labute approximate surface area is 146 Å². The highest BCUT2D eigenvalue weighted by atomic mass is 16.5. The number of hydrogen-bond acceptors (Lipinski definition) is 3. The van der Waals surface area contributed by atoms with Crippen LogP contribution in [0.15, 0.2) is 23.8 Å². The molecule has 1 fully saturated rings. The van der Waals surface area contributed by atoms with Gasteiger partial charge in [-0.05, 0) is 43.6 Å². The van der Waals surface area contributed by atoms with Crippen molar-refractivity contribution in [1.29, 1.82) is 0 Å². The molecule has 3 nitrogen and oxygen atoms in total. The molecule has 1 unspecified atom stereocenters. The molecule has 0 aromatic heterocycles. The number of ether oxygens (including phenoxy) is 1. The summed E-state index contributed by atoms with van der Waals surface area (Å²) in [5.41, 5.74) is 2.07. The molecule has 0 aromatic carbocycles. The highest BCUT2D eigenvalue weighted by Crippen LogP contribution is 2.53. The first-order valence-corrected chi connectivity index (χ1v) is 9.28. The van der Waals surface area contributed by atoms with E-state index in [2.05, 4.69) is 34.3 Å². The molecule has 5 atom stereocenters. The molecule has 2 aliphatic rings. The minimum absolute atomic E-state index is 0.0531. The van der Waals surface area contributed by atoms with Crippen molar-refractivity contribution >= 4 is 11.8 Å². The topological polar surface area (TPSA) is 43.4 Å². The largest absolute Gasteiger partial charge is 0.462 e. The van der Waals surface area contributed by atoms with Crippen LogP contribution in [-0.4, -0.2) is 17.9 Å². The summed E-state index contributed by atoms with van der Waals surface area (Å²) in [6, 6.07) is 0. The Morgan fingerprint density at radius 3 is 2.75 bits per heavy atom. The van der Waals surface area contributed by atoms with E-state index in [1.807, 2.05) is 13.0 Å². The first-order chi connectivity index (χ1) is 11.2. The molecule has 3 heteroatoms. The van der Waals surface area contributed by atoms with Gasteiger partial charge in [0.2, 0.25) is 0 Å². The Bertz CT molecular complexity index is 559. The molecule has 1 saturated carbocycles. The molecule has 2 rings (SSSR count). The number of allylic oxidation sites excluding steroid dienone is 3. The third-order valence-corrected chi connectivity index (χ3v) is 6.37. The molecular formula is C21H32O3. The van der Waals surface area contributed by atoms with Crippen molar-refractivity contribution < 1.29 is 14.3 Å². The molecule has 0 aliphatic heterocycles. The molecule has 0 aromatic rings. The maximum absolute atomic E-state index is 12.3. The van der Waals surface area contributed by atoms with Crippen LogP contribution in [0.5, 0.6) is 0 Å². The summed E-state index contributed by atoms with van der Waals surface area (Å²) in [5.74, 6) is 0.585. The zero-order chi connectivity index (χ0) is 18.1. The Morgan fingerprint density at radius 2 is 2.17 bits per heavy atom. The van der Waals surface area contributed by atoms with Gasteiger partial charge in [-0.25, -0.2) is 0 Å².